The maximum atomic E-state index is 14.4. The zero-order chi connectivity index (χ0) is 19.6. The maximum Gasteiger partial charge on any atom is 0.206 e. The Balaban J connectivity index is 1.90. The van der Waals surface area contributed by atoms with Crippen LogP contribution in [0.3, 0.4) is 0 Å². The molecule has 0 unspecified atom stereocenters. The van der Waals surface area contributed by atoms with Crippen LogP contribution in [0.5, 0.6) is 0 Å². The van der Waals surface area contributed by atoms with E-state index in [1.807, 2.05) is 0 Å². The summed E-state index contributed by atoms with van der Waals surface area (Å²) >= 11 is 6.05. The van der Waals surface area contributed by atoms with Crippen molar-refractivity contribution < 1.29 is 13.9 Å². The van der Waals surface area contributed by atoms with E-state index in [1.54, 1.807) is 13.0 Å². The number of halogens is 2. The van der Waals surface area contributed by atoms with Crippen LogP contribution in [0.15, 0.2) is 35.5 Å². The molecule has 1 aliphatic rings. The molecule has 0 radical (unpaired) electrons. The molecule has 0 bridgehead atoms. The molecule has 8 heteroatoms. The molecule has 0 fully saturated rings. The van der Waals surface area contributed by atoms with E-state index in [2.05, 4.69) is 14.8 Å². The minimum atomic E-state index is -0.960. The summed E-state index contributed by atoms with van der Waals surface area (Å²) in [5, 5.41) is 0.112. The summed E-state index contributed by atoms with van der Waals surface area (Å²) in [5.41, 5.74) is 5.99. The minimum Gasteiger partial charge on any atom is -0.386 e. The van der Waals surface area contributed by atoms with Crippen molar-refractivity contribution in [2.45, 2.75) is 18.9 Å². The molecule has 3 rings (SSSR count). The average Bonchev–Trinajstić information content (AvgIpc) is 2.62. The van der Waals surface area contributed by atoms with Crippen LogP contribution < -0.4 is 5.73 Å². The van der Waals surface area contributed by atoms with Crippen LogP contribution in [0, 0.1) is 12.4 Å². The van der Waals surface area contributed by atoms with Gasteiger partial charge in [-0.1, -0.05) is 17.7 Å². The Morgan fingerprint density at radius 3 is 2.93 bits per heavy atom. The Morgan fingerprint density at radius 1 is 1.48 bits per heavy atom. The van der Waals surface area contributed by atoms with Gasteiger partial charge in [0.1, 0.15) is 29.5 Å². The van der Waals surface area contributed by atoms with Crippen LogP contribution in [0.1, 0.15) is 28.5 Å². The second-order valence-corrected chi connectivity index (χ2v) is 6.83. The highest BCUT2D eigenvalue weighted by atomic mass is 35.5. The monoisotopic (exact) mass is 386 g/mol. The zero-order valence-corrected chi connectivity index (χ0v) is 15.3. The highest BCUT2D eigenvalue weighted by molar-refractivity contribution is 6.33. The number of amidine groups is 1. The Hall–Kier alpha value is -2.82. The molecule has 1 atom stereocenters. The van der Waals surface area contributed by atoms with Crippen LogP contribution >= 0.6 is 11.6 Å². The van der Waals surface area contributed by atoms with Crippen molar-refractivity contribution in [3.8, 4) is 0 Å². The van der Waals surface area contributed by atoms with Crippen molar-refractivity contribution in [3.63, 3.8) is 0 Å². The number of rotatable bonds is 4. The van der Waals surface area contributed by atoms with Gasteiger partial charge in [-0.25, -0.2) is 9.24 Å². The average molecular weight is 387 g/mol. The van der Waals surface area contributed by atoms with E-state index in [0.29, 0.717) is 17.0 Å². The summed E-state index contributed by atoms with van der Waals surface area (Å²) in [4.78, 5) is 24.1. The molecular formula is C19H16ClFN4O2. The highest BCUT2D eigenvalue weighted by Gasteiger charge is 2.33. The fourth-order valence-corrected chi connectivity index (χ4v) is 3.20. The number of aromatic nitrogens is 1. The maximum absolute atomic E-state index is 14.4. The number of nitrogens with two attached hydrogens (primary N) is 1. The van der Waals surface area contributed by atoms with Gasteiger partial charge < -0.3 is 10.5 Å². The molecule has 0 saturated carbocycles. The third-order valence-electron chi connectivity index (χ3n) is 4.22. The minimum absolute atomic E-state index is 0.0203. The number of Topliss-reactive ketones (excluding diaryl/α,β-unsaturated/α-hetero) is 1. The third-order valence-corrected chi connectivity index (χ3v) is 4.51. The summed E-state index contributed by atoms with van der Waals surface area (Å²) in [5.74, 6) is -0.490. The Bertz CT molecular complexity index is 986. The van der Waals surface area contributed by atoms with E-state index in [-0.39, 0.29) is 41.8 Å². The lowest BCUT2D eigenvalue weighted by atomic mass is 9.90. The quantitative estimate of drug-likeness (QED) is 0.644. The van der Waals surface area contributed by atoms with Gasteiger partial charge in [0.15, 0.2) is 5.78 Å². The Labute approximate surface area is 160 Å². The molecule has 1 aliphatic heterocycles. The van der Waals surface area contributed by atoms with E-state index < -0.39 is 11.4 Å². The summed E-state index contributed by atoms with van der Waals surface area (Å²) in [6.07, 6.45) is 1.27. The number of hydrogen-bond donors (Lipinski definition) is 1. The van der Waals surface area contributed by atoms with Gasteiger partial charge in [0.05, 0.1) is 18.2 Å². The molecule has 2 heterocycles. The normalized spacial score (nSPS) is 19.3. The summed E-state index contributed by atoms with van der Waals surface area (Å²) < 4.78 is 19.8. The lowest BCUT2D eigenvalue weighted by molar-refractivity contribution is 0.0987. The molecule has 1 aromatic carbocycles. The van der Waals surface area contributed by atoms with Crippen LogP contribution in [0.25, 0.3) is 4.85 Å². The number of carbonyl (C=O) groups excluding carboxylic acids is 1. The Kier molecular flexibility index (Phi) is 5.22. The number of benzene rings is 1. The highest BCUT2D eigenvalue weighted by Crippen LogP contribution is 2.31. The lowest BCUT2D eigenvalue weighted by Gasteiger charge is -2.30. The van der Waals surface area contributed by atoms with Crippen LogP contribution in [0.4, 0.5) is 10.1 Å². The standard InChI is InChI=1S/C19H16ClFN4O2/c1-19(10-27-9-17(22)25-19)13-5-11(3-4-15(13)21)6-16(26)18-14(20)7-12(23-2)8-24-18/h3-5,7-8H,6,9-10H2,1H3,(H2,22,25)/t19-/m0/s1. The van der Waals surface area contributed by atoms with Crippen molar-refractivity contribution in [2.24, 2.45) is 10.7 Å². The third kappa shape index (κ3) is 3.97. The van der Waals surface area contributed by atoms with Crippen molar-refractivity contribution in [1.82, 2.24) is 4.98 Å². The number of nitrogens with zero attached hydrogens (tertiary/aromatic N) is 3. The fourth-order valence-electron chi connectivity index (χ4n) is 2.93. The molecule has 0 amide bonds. The molecular weight excluding hydrogens is 371 g/mol. The summed E-state index contributed by atoms with van der Waals surface area (Å²) in [6, 6.07) is 5.79. The van der Waals surface area contributed by atoms with E-state index in [0.717, 1.165) is 0 Å². The largest absolute Gasteiger partial charge is 0.386 e. The van der Waals surface area contributed by atoms with Crippen molar-refractivity contribution in [3.05, 3.63) is 69.5 Å². The van der Waals surface area contributed by atoms with E-state index in [4.69, 9.17) is 28.6 Å². The second kappa shape index (κ2) is 7.43. The smallest absolute Gasteiger partial charge is 0.206 e. The number of carbonyl (C=O) groups is 1. The van der Waals surface area contributed by atoms with Crippen molar-refractivity contribution in [1.29, 1.82) is 0 Å². The zero-order valence-electron chi connectivity index (χ0n) is 14.5. The first-order valence-corrected chi connectivity index (χ1v) is 8.47. The fraction of sp³-hybridized carbons (Fsp3) is 0.263. The van der Waals surface area contributed by atoms with Crippen LogP contribution in [0.2, 0.25) is 5.02 Å². The molecule has 6 nitrogen and oxygen atoms in total. The topological polar surface area (TPSA) is 81.9 Å². The van der Waals surface area contributed by atoms with Crippen LogP contribution in [-0.4, -0.2) is 29.8 Å². The SMILES string of the molecule is [C-]#[N+]c1cnc(C(=O)Cc2ccc(F)c([C@]3(C)COCC(N)=N3)c2)c(Cl)c1. The van der Waals surface area contributed by atoms with E-state index in [9.17, 15) is 9.18 Å². The lowest BCUT2D eigenvalue weighted by Crippen LogP contribution is -2.38. The number of ether oxygens (including phenoxy) is 1. The predicted molar refractivity (Wildman–Crippen MR) is 99.7 cm³/mol. The van der Waals surface area contributed by atoms with E-state index >= 15 is 0 Å². The number of aliphatic imine (C=N–C) groups is 1. The first kappa shape index (κ1) is 19.0. The van der Waals surface area contributed by atoms with Gasteiger partial charge in [-0.2, -0.15) is 0 Å². The number of ketones is 1. The first-order valence-electron chi connectivity index (χ1n) is 8.09. The summed E-state index contributed by atoms with van der Waals surface area (Å²) in [6.45, 7) is 9.07. The number of hydrogen-bond acceptors (Lipinski definition) is 5. The molecule has 0 spiro atoms. The second-order valence-electron chi connectivity index (χ2n) is 6.42. The van der Waals surface area contributed by atoms with Gasteiger partial charge in [-0.15, -0.1) is 0 Å². The molecule has 0 aliphatic carbocycles. The van der Waals surface area contributed by atoms with Gasteiger partial charge in [0, 0.05) is 18.2 Å². The Morgan fingerprint density at radius 2 is 2.26 bits per heavy atom. The number of pyridine rings is 1. The molecule has 1 aromatic heterocycles. The van der Waals surface area contributed by atoms with Gasteiger partial charge in [-0.3, -0.25) is 14.8 Å². The summed E-state index contributed by atoms with van der Waals surface area (Å²) in [7, 11) is 0. The van der Waals surface area contributed by atoms with Gasteiger partial charge in [0.25, 0.3) is 0 Å². The molecule has 2 aromatic rings. The molecule has 2 N–H and O–H groups in total. The predicted octanol–water partition coefficient (Wildman–Crippen LogP) is 3.45. The van der Waals surface area contributed by atoms with Crippen molar-refractivity contribution in [2.75, 3.05) is 13.2 Å². The van der Waals surface area contributed by atoms with E-state index in [1.165, 1.54) is 24.4 Å². The molecule has 138 valence electrons. The van der Waals surface area contributed by atoms with Crippen LogP contribution in [-0.2, 0) is 16.7 Å². The molecule has 27 heavy (non-hydrogen) atoms. The van der Waals surface area contributed by atoms with Gasteiger partial charge in [-0.05, 0) is 30.7 Å². The first-order chi connectivity index (χ1) is 12.8. The van der Waals surface area contributed by atoms with Gasteiger partial charge in [0.2, 0.25) is 5.69 Å². The molecule has 0 saturated heterocycles. The van der Waals surface area contributed by atoms with Gasteiger partial charge >= 0.3 is 0 Å². The van der Waals surface area contributed by atoms with Crippen molar-refractivity contribution >= 4 is 28.9 Å².